The van der Waals surface area contributed by atoms with E-state index in [1.54, 1.807) is 0 Å². The van der Waals surface area contributed by atoms with Crippen molar-refractivity contribution in [2.75, 3.05) is 0 Å². The third-order valence-electron chi connectivity index (χ3n) is 2.57. The van der Waals surface area contributed by atoms with Gasteiger partial charge in [0, 0.05) is 0 Å². The zero-order chi connectivity index (χ0) is 16.3. The second-order valence-electron chi connectivity index (χ2n) is 3.98. The topological polar surface area (TPSA) is 24.7 Å². The van der Waals surface area contributed by atoms with Crippen LogP contribution in [0.1, 0.15) is 11.1 Å². The van der Waals surface area contributed by atoms with Crippen LogP contribution in [-0.2, 0) is 0 Å². The number of nitrogens with zero attached hydrogens (tertiary/aromatic N) is 2. The van der Waals surface area contributed by atoms with E-state index in [-0.39, 0.29) is 10.0 Å². The Balaban J connectivity index is 2.36. The van der Waals surface area contributed by atoms with Gasteiger partial charge in [-0.15, -0.1) is 10.2 Å². The molecule has 0 aliphatic rings. The summed E-state index contributed by atoms with van der Waals surface area (Å²) in [6, 6.07) is 7.08. The number of halogens is 6. The smallest absolute Gasteiger partial charge is 0.205 e. The number of rotatable bonds is 3. The zero-order valence-electron chi connectivity index (χ0n) is 10.6. The molecule has 0 saturated carbocycles. The Kier molecular flexibility index (Phi) is 5.15. The van der Waals surface area contributed by atoms with Crippen LogP contribution >= 0.6 is 23.2 Å². The molecule has 0 fully saturated rings. The summed E-state index contributed by atoms with van der Waals surface area (Å²) in [5, 5.41) is 5.14. The van der Waals surface area contributed by atoms with Crippen LogP contribution < -0.4 is 0 Å². The van der Waals surface area contributed by atoms with Crippen molar-refractivity contribution in [3.63, 3.8) is 0 Å². The summed E-state index contributed by atoms with van der Waals surface area (Å²) in [5.41, 5.74) is -1.17. The molecule has 0 atom stereocenters. The van der Waals surface area contributed by atoms with Crippen LogP contribution in [-0.4, -0.2) is 11.9 Å². The van der Waals surface area contributed by atoms with Gasteiger partial charge in [-0.1, -0.05) is 35.3 Å². The molecule has 0 spiro atoms. The van der Waals surface area contributed by atoms with Gasteiger partial charge in [-0.2, -0.15) is 8.78 Å². The maximum Gasteiger partial charge on any atom is 0.243 e. The Bertz CT molecular complexity index is 710. The summed E-state index contributed by atoms with van der Waals surface area (Å²) < 4.78 is 54.5. The molecule has 8 heteroatoms. The van der Waals surface area contributed by atoms with Gasteiger partial charge in [-0.3, -0.25) is 0 Å². The molecule has 2 aromatic carbocycles. The summed E-state index contributed by atoms with van der Waals surface area (Å²) in [7, 11) is 0. The number of benzene rings is 2. The van der Waals surface area contributed by atoms with Gasteiger partial charge in [0.15, 0.2) is 11.6 Å². The summed E-state index contributed by atoms with van der Waals surface area (Å²) >= 11 is 11.0. The first kappa shape index (κ1) is 16.5. The van der Waals surface area contributed by atoms with Gasteiger partial charge >= 0.3 is 0 Å². The molecule has 0 heterocycles. The van der Waals surface area contributed by atoms with E-state index in [0.717, 1.165) is 12.1 Å². The Hall–Kier alpha value is -1.92. The van der Waals surface area contributed by atoms with Crippen LogP contribution in [0.4, 0.5) is 17.6 Å². The number of hydrogen-bond donors (Lipinski definition) is 0. The molecule has 2 aromatic rings. The highest BCUT2D eigenvalue weighted by Gasteiger charge is 2.14. The molecule has 22 heavy (non-hydrogen) atoms. The van der Waals surface area contributed by atoms with Gasteiger partial charge in [0.05, 0.1) is 21.2 Å². The molecule has 0 amide bonds. The highest BCUT2D eigenvalue weighted by atomic mass is 35.5. The van der Waals surface area contributed by atoms with Crippen molar-refractivity contribution in [3.05, 3.63) is 69.2 Å². The highest BCUT2D eigenvalue weighted by molar-refractivity contribution is 6.31. The first-order valence-electron chi connectivity index (χ1n) is 5.77. The molecule has 2 nitrogen and oxygen atoms in total. The SMILES string of the molecule is FC(=NN=C(F)c1cccc(Cl)c1F)c1cccc(Cl)c1F. The fourth-order valence-electron chi connectivity index (χ4n) is 1.52. The Morgan fingerprint density at radius 1 is 0.727 bits per heavy atom. The summed E-state index contributed by atoms with van der Waals surface area (Å²) in [5.74, 6) is -4.93. The van der Waals surface area contributed by atoms with Crippen molar-refractivity contribution in [1.29, 1.82) is 0 Å². The quantitative estimate of drug-likeness (QED) is 0.407. The zero-order valence-corrected chi connectivity index (χ0v) is 12.1. The van der Waals surface area contributed by atoms with E-state index in [0.29, 0.717) is 0 Å². The van der Waals surface area contributed by atoms with Crippen molar-refractivity contribution in [2.45, 2.75) is 0 Å². The van der Waals surface area contributed by atoms with Gasteiger partial charge in [-0.25, -0.2) is 8.78 Å². The maximum absolute atomic E-state index is 13.7. The fourth-order valence-corrected chi connectivity index (χ4v) is 1.87. The molecular formula is C14H6Cl2F4N2. The summed E-state index contributed by atoms with van der Waals surface area (Å²) in [6.07, 6.45) is 0. The predicted molar refractivity (Wildman–Crippen MR) is 78.1 cm³/mol. The van der Waals surface area contributed by atoms with Crippen LogP contribution in [0.25, 0.3) is 0 Å². The Morgan fingerprint density at radius 3 is 1.45 bits per heavy atom. The lowest BCUT2D eigenvalue weighted by atomic mass is 10.2. The third kappa shape index (κ3) is 3.45. The summed E-state index contributed by atoms with van der Waals surface area (Å²) in [4.78, 5) is 0. The van der Waals surface area contributed by atoms with E-state index < -0.39 is 34.7 Å². The van der Waals surface area contributed by atoms with Crippen molar-refractivity contribution in [3.8, 4) is 0 Å². The molecule has 0 aliphatic carbocycles. The summed E-state index contributed by atoms with van der Waals surface area (Å²) in [6.45, 7) is 0. The van der Waals surface area contributed by atoms with E-state index in [1.807, 2.05) is 0 Å². The lowest BCUT2D eigenvalue weighted by molar-refractivity contribution is 0.617. The van der Waals surface area contributed by atoms with Crippen molar-refractivity contribution >= 4 is 35.1 Å². The second-order valence-corrected chi connectivity index (χ2v) is 4.80. The first-order chi connectivity index (χ1) is 10.4. The van der Waals surface area contributed by atoms with Crippen LogP contribution in [0.5, 0.6) is 0 Å². The monoisotopic (exact) mass is 348 g/mol. The minimum atomic E-state index is -1.41. The van der Waals surface area contributed by atoms with Crippen molar-refractivity contribution < 1.29 is 17.6 Å². The lowest BCUT2D eigenvalue weighted by Crippen LogP contribution is -2.00. The highest BCUT2D eigenvalue weighted by Crippen LogP contribution is 2.21. The maximum atomic E-state index is 13.7. The third-order valence-corrected chi connectivity index (χ3v) is 3.16. The van der Waals surface area contributed by atoms with Gasteiger partial charge in [-0.05, 0) is 24.3 Å². The van der Waals surface area contributed by atoms with Gasteiger partial charge < -0.3 is 0 Å². The van der Waals surface area contributed by atoms with E-state index in [1.165, 1.54) is 24.3 Å². The minimum absolute atomic E-state index is 0.326. The average Bonchev–Trinajstić information content (AvgIpc) is 2.50. The standard InChI is InChI=1S/C14H6Cl2F4N2/c15-9-5-1-3-7(11(9)17)13(19)21-22-14(20)8-4-2-6-10(16)12(8)18/h1-6H. The van der Waals surface area contributed by atoms with Crippen molar-refractivity contribution in [1.82, 2.24) is 0 Å². The van der Waals surface area contributed by atoms with Crippen LogP contribution in [0, 0.1) is 11.6 Å². The van der Waals surface area contributed by atoms with E-state index in [9.17, 15) is 17.6 Å². The molecule has 0 bridgehead atoms. The van der Waals surface area contributed by atoms with Crippen LogP contribution in [0.3, 0.4) is 0 Å². The first-order valence-corrected chi connectivity index (χ1v) is 6.53. The van der Waals surface area contributed by atoms with Gasteiger partial charge in [0.2, 0.25) is 11.9 Å². The molecule has 114 valence electrons. The molecule has 0 unspecified atom stereocenters. The average molecular weight is 349 g/mol. The molecule has 0 N–H and O–H groups in total. The van der Waals surface area contributed by atoms with E-state index >= 15 is 0 Å². The predicted octanol–water partition coefficient (Wildman–Crippen LogP) is 5.32. The molecule has 2 rings (SSSR count). The normalized spacial score (nSPS) is 12.6. The van der Waals surface area contributed by atoms with E-state index in [4.69, 9.17) is 23.2 Å². The molecular weight excluding hydrogens is 343 g/mol. The van der Waals surface area contributed by atoms with Crippen LogP contribution in [0.15, 0.2) is 46.6 Å². The molecule has 0 aromatic heterocycles. The Morgan fingerprint density at radius 2 is 1.09 bits per heavy atom. The lowest BCUT2D eigenvalue weighted by Gasteiger charge is -2.01. The molecule has 0 aliphatic heterocycles. The number of hydrogen-bond acceptors (Lipinski definition) is 2. The second kappa shape index (κ2) is 6.89. The fraction of sp³-hybridized carbons (Fsp3) is 0. The van der Waals surface area contributed by atoms with Gasteiger partial charge in [0.25, 0.3) is 0 Å². The van der Waals surface area contributed by atoms with Crippen molar-refractivity contribution in [2.24, 2.45) is 10.2 Å². The van der Waals surface area contributed by atoms with Gasteiger partial charge in [0.1, 0.15) is 0 Å². The van der Waals surface area contributed by atoms with E-state index in [2.05, 4.69) is 10.2 Å². The molecule has 0 saturated heterocycles. The Labute approximate surface area is 132 Å². The minimum Gasteiger partial charge on any atom is -0.205 e. The van der Waals surface area contributed by atoms with Crippen LogP contribution in [0.2, 0.25) is 10.0 Å². The largest absolute Gasteiger partial charge is 0.243 e. The molecule has 0 radical (unpaired) electrons.